The molecule has 0 saturated carbocycles. The summed E-state index contributed by atoms with van der Waals surface area (Å²) >= 11 is 0. The van der Waals surface area contributed by atoms with Crippen LogP contribution in [0.25, 0.3) is 0 Å². The molecule has 2 atom stereocenters. The van der Waals surface area contributed by atoms with Crippen LogP contribution in [-0.2, 0) is 19.1 Å². The molecule has 1 aromatic carbocycles. The average Bonchev–Trinajstić information content (AvgIpc) is 2.74. The van der Waals surface area contributed by atoms with Gasteiger partial charge in [-0.3, -0.25) is 19.4 Å². The molecule has 0 saturated heterocycles. The van der Waals surface area contributed by atoms with Gasteiger partial charge in [0.15, 0.2) is 5.78 Å². The fourth-order valence-electron chi connectivity index (χ4n) is 3.03. The number of ketones is 1. The molecule has 1 aromatic heterocycles. The second-order valence-electron chi connectivity index (χ2n) is 6.20. The molecule has 0 amide bonds. The Kier molecular flexibility index (Phi) is 8.33. The van der Waals surface area contributed by atoms with E-state index in [0.29, 0.717) is 11.3 Å². The summed E-state index contributed by atoms with van der Waals surface area (Å²) < 4.78 is 15.4. The maximum atomic E-state index is 13.2. The normalized spacial score (nSPS) is 12.5. The number of hydrogen-bond donors (Lipinski definition) is 0. The Labute approximate surface area is 170 Å². The van der Waals surface area contributed by atoms with E-state index >= 15 is 0 Å². The molecule has 29 heavy (non-hydrogen) atoms. The van der Waals surface area contributed by atoms with Gasteiger partial charge in [-0.05, 0) is 43.7 Å². The number of carbonyl (C=O) groups is 3. The summed E-state index contributed by atoms with van der Waals surface area (Å²) in [6.07, 6.45) is 1.32. The Morgan fingerprint density at radius 1 is 0.966 bits per heavy atom. The lowest BCUT2D eigenvalue weighted by molar-refractivity contribution is -0.148. The number of benzene rings is 1. The van der Waals surface area contributed by atoms with Gasteiger partial charge in [0.2, 0.25) is 0 Å². The van der Waals surface area contributed by atoms with Crippen molar-refractivity contribution < 1.29 is 28.6 Å². The number of hydrogen-bond acceptors (Lipinski definition) is 7. The highest BCUT2D eigenvalue weighted by molar-refractivity contribution is 6.08. The molecular weight excluding hydrogens is 374 g/mol. The van der Waals surface area contributed by atoms with Crippen LogP contribution >= 0.6 is 0 Å². The summed E-state index contributed by atoms with van der Waals surface area (Å²) in [4.78, 5) is 42.3. The van der Waals surface area contributed by atoms with Gasteiger partial charge in [-0.2, -0.15) is 0 Å². The topological polar surface area (TPSA) is 91.8 Å². The zero-order chi connectivity index (χ0) is 21.2. The predicted octanol–water partition coefficient (Wildman–Crippen LogP) is 3.19. The van der Waals surface area contributed by atoms with E-state index in [-0.39, 0.29) is 25.3 Å². The Bertz CT molecular complexity index is 819. The standard InChI is InChI=1S/C22H25NO6/c1-4-28-19(24)14-17(15-9-11-16(27-3)12-10-15)20(22(26)29-5-2)21(25)18-8-6-7-13-23-18/h6-13,17,20H,4-5,14H2,1-3H3/t17-,20+/m0/s1. The molecule has 1 heterocycles. The number of ether oxygens (including phenoxy) is 3. The van der Waals surface area contributed by atoms with E-state index in [1.54, 1.807) is 50.2 Å². The number of Topliss-reactive ketones (excluding diaryl/α,β-unsaturated/α-hetero) is 1. The van der Waals surface area contributed by atoms with Crippen molar-refractivity contribution in [2.45, 2.75) is 26.2 Å². The van der Waals surface area contributed by atoms with Crippen LogP contribution in [0.2, 0.25) is 0 Å². The van der Waals surface area contributed by atoms with Crippen LogP contribution in [0.4, 0.5) is 0 Å². The van der Waals surface area contributed by atoms with Crippen LogP contribution in [0, 0.1) is 5.92 Å². The maximum Gasteiger partial charge on any atom is 0.317 e. The number of aromatic nitrogens is 1. The van der Waals surface area contributed by atoms with Gasteiger partial charge in [0.25, 0.3) is 0 Å². The van der Waals surface area contributed by atoms with Gasteiger partial charge in [0.05, 0.1) is 26.7 Å². The molecule has 0 aliphatic heterocycles. The highest BCUT2D eigenvalue weighted by Gasteiger charge is 2.39. The van der Waals surface area contributed by atoms with E-state index in [0.717, 1.165) is 0 Å². The number of methoxy groups -OCH3 is 1. The third kappa shape index (κ3) is 5.88. The second kappa shape index (κ2) is 10.9. The predicted molar refractivity (Wildman–Crippen MR) is 106 cm³/mol. The van der Waals surface area contributed by atoms with Crippen molar-refractivity contribution in [3.05, 3.63) is 59.9 Å². The summed E-state index contributed by atoms with van der Waals surface area (Å²) in [6, 6.07) is 11.7. The number of nitrogens with zero attached hydrogens (tertiary/aromatic N) is 1. The van der Waals surface area contributed by atoms with Crippen molar-refractivity contribution in [3.8, 4) is 5.75 Å². The third-order valence-corrected chi connectivity index (χ3v) is 4.38. The summed E-state index contributed by atoms with van der Waals surface area (Å²) in [5.74, 6) is -3.09. The summed E-state index contributed by atoms with van der Waals surface area (Å²) in [6.45, 7) is 3.67. The van der Waals surface area contributed by atoms with E-state index in [9.17, 15) is 14.4 Å². The van der Waals surface area contributed by atoms with E-state index in [1.165, 1.54) is 19.4 Å². The highest BCUT2D eigenvalue weighted by Crippen LogP contribution is 2.33. The maximum absolute atomic E-state index is 13.2. The van der Waals surface area contributed by atoms with Crippen molar-refractivity contribution in [1.82, 2.24) is 4.98 Å². The fraction of sp³-hybridized carbons (Fsp3) is 0.364. The largest absolute Gasteiger partial charge is 0.497 e. The monoisotopic (exact) mass is 399 g/mol. The molecule has 0 spiro atoms. The molecule has 154 valence electrons. The zero-order valence-corrected chi connectivity index (χ0v) is 16.8. The molecular formula is C22H25NO6. The minimum atomic E-state index is -1.23. The molecule has 7 nitrogen and oxygen atoms in total. The molecule has 7 heteroatoms. The van der Waals surface area contributed by atoms with Gasteiger partial charge in [-0.25, -0.2) is 0 Å². The Hall–Kier alpha value is -3.22. The first kappa shape index (κ1) is 22.1. The molecule has 2 rings (SSSR count). The molecule has 0 bridgehead atoms. The van der Waals surface area contributed by atoms with Crippen molar-refractivity contribution >= 4 is 17.7 Å². The zero-order valence-electron chi connectivity index (χ0n) is 16.8. The molecule has 0 aliphatic rings. The lowest BCUT2D eigenvalue weighted by Crippen LogP contribution is -2.34. The Morgan fingerprint density at radius 3 is 2.21 bits per heavy atom. The summed E-state index contributed by atoms with van der Waals surface area (Å²) in [5, 5.41) is 0. The SMILES string of the molecule is CCOC(=O)C[C@@H](c1ccc(OC)cc1)[C@@H](C(=O)OCC)C(=O)c1ccccn1. The van der Waals surface area contributed by atoms with Crippen LogP contribution < -0.4 is 4.74 Å². The summed E-state index contributed by atoms with van der Waals surface area (Å²) in [5.41, 5.74) is 0.758. The van der Waals surface area contributed by atoms with E-state index < -0.39 is 29.6 Å². The molecule has 0 unspecified atom stereocenters. The van der Waals surface area contributed by atoms with Crippen LogP contribution in [0.1, 0.15) is 42.2 Å². The number of carbonyl (C=O) groups excluding carboxylic acids is 3. The Morgan fingerprint density at radius 2 is 1.66 bits per heavy atom. The average molecular weight is 399 g/mol. The second-order valence-corrected chi connectivity index (χ2v) is 6.20. The van der Waals surface area contributed by atoms with Gasteiger partial charge in [-0.1, -0.05) is 18.2 Å². The van der Waals surface area contributed by atoms with Crippen molar-refractivity contribution in [2.24, 2.45) is 5.92 Å². The van der Waals surface area contributed by atoms with Crippen LogP contribution in [0.5, 0.6) is 5.75 Å². The molecule has 0 radical (unpaired) electrons. The number of rotatable bonds is 10. The molecule has 2 aromatic rings. The first-order valence-corrected chi connectivity index (χ1v) is 9.43. The lowest BCUT2D eigenvalue weighted by atomic mass is 9.80. The van der Waals surface area contributed by atoms with E-state index in [4.69, 9.17) is 14.2 Å². The summed E-state index contributed by atoms with van der Waals surface area (Å²) in [7, 11) is 1.54. The van der Waals surface area contributed by atoms with Crippen molar-refractivity contribution in [2.75, 3.05) is 20.3 Å². The van der Waals surface area contributed by atoms with Crippen molar-refractivity contribution in [1.29, 1.82) is 0 Å². The smallest absolute Gasteiger partial charge is 0.317 e. The van der Waals surface area contributed by atoms with Gasteiger partial charge in [-0.15, -0.1) is 0 Å². The molecule has 0 fully saturated rings. The quantitative estimate of drug-likeness (QED) is 0.344. The minimum Gasteiger partial charge on any atom is -0.497 e. The van der Waals surface area contributed by atoms with Gasteiger partial charge in [0.1, 0.15) is 17.4 Å². The first-order chi connectivity index (χ1) is 14.0. The van der Waals surface area contributed by atoms with Crippen LogP contribution in [0.15, 0.2) is 48.7 Å². The lowest BCUT2D eigenvalue weighted by Gasteiger charge is -2.24. The number of pyridine rings is 1. The minimum absolute atomic E-state index is 0.111. The van der Waals surface area contributed by atoms with Gasteiger partial charge >= 0.3 is 11.9 Å². The third-order valence-electron chi connectivity index (χ3n) is 4.38. The van der Waals surface area contributed by atoms with Crippen LogP contribution in [-0.4, -0.2) is 43.0 Å². The number of esters is 2. The van der Waals surface area contributed by atoms with Gasteiger partial charge < -0.3 is 14.2 Å². The highest BCUT2D eigenvalue weighted by atomic mass is 16.5. The van der Waals surface area contributed by atoms with Crippen molar-refractivity contribution in [3.63, 3.8) is 0 Å². The molecule has 0 aliphatic carbocycles. The van der Waals surface area contributed by atoms with Gasteiger partial charge in [0, 0.05) is 12.1 Å². The van der Waals surface area contributed by atoms with E-state index in [2.05, 4.69) is 4.98 Å². The van der Waals surface area contributed by atoms with Crippen LogP contribution in [0.3, 0.4) is 0 Å². The van der Waals surface area contributed by atoms with E-state index in [1.807, 2.05) is 0 Å². The fourth-order valence-corrected chi connectivity index (χ4v) is 3.03. The first-order valence-electron chi connectivity index (χ1n) is 9.43. The molecule has 0 N–H and O–H groups in total. The Balaban J connectivity index is 2.50.